The van der Waals surface area contributed by atoms with E-state index in [0.717, 1.165) is 44.7 Å². The van der Waals surface area contributed by atoms with Gasteiger partial charge in [0.05, 0.1) is 18.3 Å². The minimum atomic E-state index is 0.642. The zero-order chi connectivity index (χ0) is 22.8. The van der Waals surface area contributed by atoms with Gasteiger partial charge in [0.2, 0.25) is 0 Å². The number of pyridine rings is 4. The smallest absolute Gasteiger partial charge is 0.155 e. The highest BCUT2D eigenvalue weighted by Gasteiger charge is 2.16. The molecule has 4 heterocycles. The Morgan fingerprint density at radius 1 is 0.788 bits per heavy atom. The summed E-state index contributed by atoms with van der Waals surface area (Å²) in [7, 11) is 1.65. The maximum absolute atomic E-state index is 6.48. The zero-order valence-corrected chi connectivity index (χ0v) is 18.6. The second-order valence-corrected chi connectivity index (χ2v) is 7.67. The number of hydrogen-bond donors (Lipinski definition) is 0. The third kappa shape index (κ3) is 3.99. The van der Waals surface area contributed by atoms with E-state index in [2.05, 4.69) is 15.0 Å². The Morgan fingerprint density at radius 3 is 2.45 bits per heavy atom. The van der Waals surface area contributed by atoms with Crippen LogP contribution in [0, 0.1) is 13.8 Å². The maximum atomic E-state index is 6.48. The molecule has 5 aromatic rings. The van der Waals surface area contributed by atoms with Gasteiger partial charge in [0.15, 0.2) is 5.75 Å². The van der Waals surface area contributed by atoms with E-state index in [1.165, 1.54) is 0 Å². The molecule has 4 aromatic heterocycles. The standard InChI is InChI=1S/C27H22N4O2/c1-17-13-26(27(31-18(17)2)22-8-4-5-11-29-22)33-24-9-12-30-23-15-25(32-3)20(14-21(23)24)19-7-6-10-28-16-19/h4-16H,1-3H3. The van der Waals surface area contributed by atoms with Crippen molar-refractivity contribution in [3.8, 4) is 39.8 Å². The number of hydrogen-bond acceptors (Lipinski definition) is 6. The van der Waals surface area contributed by atoms with Crippen molar-refractivity contribution < 1.29 is 9.47 Å². The van der Waals surface area contributed by atoms with Gasteiger partial charge in [-0.3, -0.25) is 15.0 Å². The molecule has 0 bridgehead atoms. The van der Waals surface area contributed by atoms with Crippen LogP contribution < -0.4 is 9.47 Å². The van der Waals surface area contributed by atoms with E-state index in [9.17, 15) is 0 Å². The van der Waals surface area contributed by atoms with Gasteiger partial charge >= 0.3 is 0 Å². The van der Waals surface area contributed by atoms with Crippen molar-refractivity contribution in [2.75, 3.05) is 7.11 Å². The third-order valence-electron chi connectivity index (χ3n) is 5.55. The average Bonchev–Trinajstić information content (AvgIpc) is 2.86. The van der Waals surface area contributed by atoms with Crippen LogP contribution in [0.15, 0.2) is 79.4 Å². The van der Waals surface area contributed by atoms with Crippen molar-refractivity contribution in [2.24, 2.45) is 0 Å². The summed E-state index contributed by atoms with van der Waals surface area (Å²) in [5, 5.41) is 0.863. The quantitative estimate of drug-likeness (QED) is 0.329. The summed E-state index contributed by atoms with van der Waals surface area (Å²) in [5.41, 5.74) is 6.07. The summed E-state index contributed by atoms with van der Waals surface area (Å²) in [6, 6.07) is 17.5. The molecule has 162 valence electrons. The fourth-order valence-electron chi connectivity index (χ4n) is 3.72. The van der Waals surface area contributed by atoms with Crippen molar-refractivity contribution in [2.45, 2.75) is 13.8 Å². The number of aryl methyl sites for hydroxylation is 2. The number of benzene rings is 1. The minimum Gasteiger partial charge on any atom is -0.496 e. The Morgan fingerprint density at radius 2 is 1.70 bits per heavy atom. The van der Waals surface area contributed by atoms with E-state index in [1.807, 2.05) is 74.6 Å². The summed E-state index contributed by atoms with van der Waals surface area (Å²) in [4.78, 5) is 18.1. The van der Waals surface area contributed by atoms with Gasteiger partial charge in [0.1, 0.15) is 17.2 Å². The molecule has 0 N–H and O–H groups in total. The molecule has 33 heavy (non-hydrogen) atoms. The van der Waals surface area contributed by atoms with Crippen LogP contribution in [-0.2, 0) is 0 Å². The molecule has 6 heteroatoms. The van der Waals surface area contributed by atoms with E-state index < -0.39 is 0 Å². The number of nitrogens with zero attached hydrogens (tertiary/aromatic N) is 4. The summed E-state index contributed by atoms with van der Waals surface area (Å²) < 4.78 is 12.1. The molecule has 0 atom stereocenters. The molecular weight excluding hydrogens is 412 g/mol. The molecule has 5 rings (SSSR count). The van der Waals surface area contributed by atoms with Gasteiger partial charge < -0.3 is 9.47 Å². The first-order chi connectivity index (χ1) is 16.1. The number of aromatic nitrogens is 4. The molecule has 1 aromatic carbocycles. The second-order valence-electron chi connectivity index (χ2n) is 7.67. The lowest BCUT2D eigenvalue weighted by molar-refractivity contribution is 0.417. The topological polar surface area (TPSA) is 70.0 Å². The van der Waals surface area contributed by atoms with Gasteiger partial charge in [0.25, 0.3) is 0 Å². The normalized spacial score (nSPS) is 10.9. The van der Waals surface area contributed by atoms with Crippen LogP contribution in [-0.4, -0.2) is 27.0 Å². The summed E-state index contributed by atoms with van der Waals surface area (Å²) in [6.45, 7) is 4.01. The molecule has 0 radical (unpaired) electrons. The van der Waals surface area contributed by atoms with Crippen molar-refractivity contribution in [1.29, 1.82) is 0 Å². The van der Waals surface area contributed by atoms with Crippen molar-refractivity contribution in [3.63, 3.8) is 0 Å². The molecule has 0 unspecified atom stereocenters. The highest BCUT2D eigenvalue weighted by atomic mass is 16.5. The van der Waals surface area contributed by atoms with Crippen LogP contribution in [0.4, 0.5) is 0 Å². The van der Waals surface area contributed by atoms with E-state index in [1.54, 1.807) is 25.7 Å². The Labute approximate surface area is 191 Å². The van der Waals surface area contributed by atoms with Crippen LogP contribution in [0.3, 0.4) is 0 Å². The number of methoxy groups -OCH3 is 1. The van der Waals surface area contributed by atoms with Gasteiger partial charge in [-0.2, -0.15) is 0 Å². The first-order valence-corrected chi connectivity index (χ1v) is 10.6. The Bertz CT molecular complexity index is 1440. The van der Waals surface area contributed by atoms with E-state index >= 15 is 0 Å². The molecule has 0 aliphatic rings. The molecule has 0 fully saturated rings. The largest absolute Gasteiger partial charge is 0.496 e. The molecule has 0 aliphatic carbocycles. The SMILES string of the molecule is COc1cc2nccc(Oc3cc(C)c(C)nc3-c3ccccn3)c2cc1-c1cccnc1. The Hall–Kier alpha value is -4.32. The molecule has 0 amide bonds. The van der Waals surface area contributed by atoms with Gasteiger partial charge in [-0.15, -0.1) is 0 Å². The molecule has 0 saturated carbocycles. The molecule has 0 spiro atoms. The van der Waals surface area contributed by atoms with Gasteiger partial charge in [0, 0.05) is 53.1 Å². The third-order valence-corrected chi connectivity index (χ3v) is 5.55. The fraction of sp³-hybridized carbons (Fsp3) is 0.111. The zero-order valence-electron chi connectivity index (χ0n) is 18.6. The van der Waals surface area contributed by atoms with Crippen molar-refractivity contribution in [3.05, 3.63) is 90.6 Å². The first kappa shape index (κ1) is 20.6. The predicted octanol–water partition coefficient (Wildman–Crippen LogP) is 6.17. The van der Waals surface area contributed by atoms with Crippen LogP contribution >= 0.6 is 0 Å². The molecule has 0 saturated heterocycles. The van der Waals surface area contributed by atoms with Crippen LogP contribution in [0.25, 0.3) is 33.4 Å². The number of ether oxygens (including phenoxy) is 2. The van der Waals surface area contributed by atoms with E-state index in [0.29, 0.717) is 17.2 Å². The summed E-state index contributed by atoms with van der Waals surface area (Å²) in [5.74, 6) is 2.04. The maximum Gasteiger partial charge on any atom is 0.155 e. The van der Waals surface area contributed by atoms with Gasteiger partial charge in [-0.1, -0.05) is 12.1 Å². The summed E-state index contributed by atoms with van der Waals surface area (Å²) >= 11 is 0. The fourth-order valence-corrected chi connectivity index (χ4v) is 3.72. The minimum absolute atomic E-state index is 0.642. The van der Waals surface area contributed by atoms with Gasteiger partial charge in [-0.25, -0.2) is 4.98 Å². The van der Waals surface area contributed by atoms with Crippen LogP contribution in [0.2, 0.25) is 0 Å². The Balaban J connectivity index is 1.67. The summed E-state index contributed by atoms with van der Waals surface area (Å²) in [6.07, 6.45) is 7.05. The lowest BCUT2D eigenvalue weighted by atomic mass is 10.0. The van der Waals surface area contributed by atoms with Crippen molar-refractivity contribution >= 4 is 10.9 Å². The monoisotopic (exact) mass is 434 g/mol. The van der Waals surface area contributed by atoms with Gasteiger partial charge in [-0.05, 0) is 55.8 Å². The molecule has 0 aliphatic heterocycles. The number of fused-ring (bicyclic) bond motifs is 1. The highest BCUT2D eigenvalue weighted by Crippen LogP contribution is 2.39. The highest BCUT2D eigenvalue weighted by molar-refractivity contribution is 5.92. The Kier molecular flexibility index (Phi) is 5.40. The van der Waals surface area contributed by atoms with E-state index in [4.69, 9.17) is 14.5 Å². The lowest BCUT2D eigenvalue weighted by Crippen LogP contribution is -1.98. The average molecular weight is 434 g/mol. The molecular formula is C27H22N4O2. The lowest BCUT2D eigenvalue weighted by Gasteiger charge is -2.15. The predicted molar refractivity (Wildman–Crippen MR) is 129 cm³/mol. The first-order valence-electron chi connectivity index (χ1n) is 10.6. The second kappa shape index (κ2) is 8.67. The number of rotatable bonds is 5. The molecule has 6 nitrogen and oxygen atoms in total. The van der Waals surface area contributed by atoms with Crippen LogP contribution in [0.1, 0.15) is 11.3 Å². The van der Waals surface area contributed by atoms with Crippen LogP contribution in [0.5, 0.6) is 17.2 Å². The van der Waals surface area contributed by atoms with E-state index in [-0.39, 0.29) is 0 Å². The van der Waals surface area contributed by atoms with Crippen molar-refractivity contribution in [1.82, 2.24) is 19.9 Å².